The Hall–Kier alpha value is -3.97. The van der Waals surface area contributed by atoms with E-state index >= 15 is 0 Å². The lowest BCUT2D eigenvalue weighted by Crippen LogP contribution is -2.31. The number of carbonyl (C=O) groups excluding carboxylic acids is 2. The van der Waals surface area contributed by atoms with Gasteiger partial charge in [-0.1, -0.05) is 48.0 Å². The highest BCUT2D eigenvalue weighted by Crippen LogP contribution is 2.40. The molecule has 3 aromatic carbocycles. The summed E-state index contributed by atoms with van der Waals surface area (Å²) in [6.07, 6.45) is 0.460. The summed E-state index contributed by atoms with van der Waals surface area (Å²) in [5, 5.41) is 11.1. The number of amides is 1. The topological polar surface area (TPSA) is 76.1 Å². The van der Waals surface area contributed by atoms with Crippen LogP contribution in [0.3, 0.4) is 0 Å². The highest BCUT2D eigenvalue weighted by molar-refractivity contribution is 6.46. The highest BCUT2D eigenvalue weighted by Gasteiger charge is 2.46. The van der Waals surface area contributed by atoms with Crippen molar-refractivity contribution in [3.05, 3.63) is 106 Å². The van der Waals surface area contributed by atoms with Crippen LogP contribution in [0.4, 0.5) is 4.39 Å². The molecule has 0 bridgehead atoms. The highest BCUT2D eigenvalue weighted by atomic mass is 19.1. The summed E-state index contributed by atoms with van der Waals surface area (Å²) in [5.74, 6) is -1.97. The van der Waals surface area contributed by atoms with Gasteiger partial charge in [0.1, 0.15) is 23.9 Å². The SMILES string of the molecule is COCCCN1C(=O)C(=O)/C(=C(\O)c2ccc(OCc3cccc(C)c3)cc2)C1c1ccccc1F. The molecule has 7 heteroatoms. The summed E-state index contributed by atoms with van der Waals surface area (Å²) < 4.78 is 25.7. The first-order chi connectivity index (χ1) is 17.4. The van der Waals surface area contributed by atoms with E-state index in [1.54, 1.807) is 30.3 Å². The number of Topliss-reactive ketones (excluding diaryl/α,β-unsaturated/α-hetero) is 1. The number of hydrogen-bond donors (Lipinski definition) is 1. The van der Waals surface area contributed by atoms with Crippen LogP contribution in [0.25, 0.3) is 5.76 Å². The van der Waals surface area contributed by atoms with E-state index in [2.05, 4.69) is 0 Å². The van der Waals surface area contributed by atoms with E-state index in [1.165, 1.54) is 30.2 Å². The van der Waals surface area contributed by atoms with Crippen molar-refractivity contribution in [3.8, 4) is 5.75 Å². The van der Waals surface area contributed by atoms with Crippen molar-refractivity contribution in [2.45, 2.75) is 26.0 Å². The summed E-state index contributed by atoms with van der Waals surface area (Å²) >= 11 is 0. The molecule has 186 valence electrons. The lowest BCUT2D eigenvalue weighted by atomic mass is 9.95. The number of ketones is 1. The minimum absolute atomic E-state index is 0.143. The minimum Gasteiger partial charge on any atom is -0.507 e. The number of aliphatic hydroxyl groups is 1. The number of likely N-dealkylation sites (tertiary alicyclic amines) is 1. The van der Waals surface area contributed by atoms with E-state index in [9.17, 15) is 19.1 Å². The van der Waals surface area contributed by atoms with Gasteiger partial charge < -0.3 is 19.5 Å². The van der Waals surface area contributed by atoms with Crippen LogP contribution < -0.4 is 4.74 Å². The third-order valence-corrected chi connectivity index (χ3v) is 6.10. The Morgan fingerprint density at radius 1 is 1.03 bits per heavy atom. The molecule has 1 fully saturated rings. The molecule has 0 radical (unpaired) electrons. The summed E-state index contributed by atoms with van der Waals surface area (Å²) in [6.45, 7) is 2.95. The van der Waals surface area contributed by atoms with Gasteiger partial charge in [-0.05, 0) is 49.2 Å². The zero-order valence-corrected chi connectivity index (χ0v) is 20.2. The summed E-state index contributed by atoms with van der Waals surface area (Å²) in [6, 6.07) is 19.5. The van der Waals surface area contributed by atoms with Crippen molar-refractivity contribution in [1.29, 1.82) is 0 Å². The van der Waals surface area contributed by atoms with Gasteiger partial charge in [-0.3, -0.25) is 9.59 Å². The first-order valence-electron chi connectivity index (χ1n) is 11.7. The van der Waals surface area contributed by atoms with E-state index in [0.29, 0.717) is 30.9 Å². The van der Waals surface area contributed by atoms with E-state index in [1.807, 2.05) is 31.2 Å². The number of hydrogen-bond acceptors (Lipinski definition) is 5. The third kappa shape index (κ3) is 5.31. The molecule has 1 aliphatic heterocycles. The quantitative estimate of drug-likeness (QED) is 0.194. The first-order valence-corrected chi connectivity index (χ1v) is 11.7. The Kier molecular flexibility index (Phi) is 7.80. The smallest absolute Gasteiger partial charge is 0.295 e. The lowest BCUT2D eigenvalue weighted by Gasteiger charge is -2.25. The number of ether oxygens (including phenoxy) is 2. The number of methoxy groups -OCH3 is 1. The maximum absolute atomic E-state index is 14.8. The van der Waals surface area contributed by atoms with Crippen molar-refractivity contribution >= 4 is 17.4 Å². The van der Waals surface area contributed by atoms with Crippen LogP contribution in [-0.4, -0.2) is 42.0 Å². The number of aliphatic hydroxyl groups excluding tert-OH is 1. The van der Waals surface area contributed by atoms with Gasteiger partial charge in [0.05, 0.1) is 11.6 Å². The molecule has 36 heavy (non-hydrogen) atoms. The first kappa shape index (κ1) is 25.1. The zero-order chi connectivity index (χ0) is 25.7. The number of halogens is 1. The zero-order valence-electron chi connectivity index (χ0n) is 20.2. The van der Waals surface area contributed by atoms with Crippen molar-refractivity contribution in [3.63, 3.8) is 0 Å². The standard InChI is InChI=1S/C29H28FNO5/c1-19-7-5-8-20(17-19)18-36-22-13-11-21(12-14-22)27(32)25-26(23-9-3-4-10-24(23)30)31(15-6-16-35-2)29(34)28(25)33/h3-5,7-14,17,26,32H,6,15-16,18H2,1-2H3/b27-25-. The van der Waals surface area contributed by atoms with Gasteiger partial charge in [0, 0.05) is 31.4 Å². The van der Waals surface area contributed by atoms with E-state index < -0.39 is 23.5 Å². The average molecular weight is 490 g/mol. The van der Waals surface area contributed by atoms with Crippen molar-refractivity contribution < 1.29 is 28.6 Å². The largest absolute Gasteiger partial charge is 0.507 e. The number of rotatable bonds is 9. The van der Waals surface area contributed by atoms with Crippen LogP contribution in [0.1, 0.15) is 34.7 Å². The Morgan fingerprint density at radius 2 is 1.78 bits per heavy atom. The summed E-state index contributed by atoms with van der Waals surface area (Å²) in [4.78, 5) is 27.2. The second-order valence-electron chi connectivity index (χ2n) is 8.66. The van der Waals surface area contributed by atoms with Gasteiger partial charge in [0.15, 0.2) is 0 Å². The minimum atomic E-state index is -1.04. The Morgan fingerprint density at radius 3 is 2.47 bits per heavy atom. The fourth-order valence-corrected chi connectivity index (χ4v) is 4.34. The van der Waals surface area contributed by atoms with Crippen molar-refractivity contribution in [2.75, 3.05) is 20.3 Å². The average Bonchev–Trinajstić information content (AvgIpc) is 3.13. The molecule has 6 nitrogen and oxygen atoms in total. The monoisotopic (exact) mass is 489 g/mol. The summed E-state index contributed by atoms with van der Waals surface area (Å²) in [5.41, 5.74) is 2.50. The van der Waals surface area contributed by atoms with Gasteiger partial charge in [0.25, 0.3) is 11.7 Å². The molecule has 4 rings (SSSR count). The Bertz CT molecular complexity index is 1280. The third-order valence-electron chi connectivity index (χ3n) is 6.10. The molecular formula is C29H28FNO5. The van der Waals surface area contributed by atoms with Crippen LogP contribution in [0.2, 0.25) is 0 Å². The van der Waals surface area contributed by atoms with Gasteiger partial charge in [0.2, 0.25) is 0 Å². The molecule has 1 saturated heterocycles. The number of carbonyl (C=O) groups is 2. The van der Waals surface area contributed by atoms with Crippen LogP contribution in [0.15, 0.2) is 78.4 Å². The van der Waals surface area contributed by atoms with E-state index in [4.69, 9.17) is 9.47 Å². The normalized spacial score (nSPS) is 17.0. The van der Waals surface area contributed by atoms with Crippen LogP contribution in [0, 0.1) is 12.7 Å². The number of benzene rings is 3. The second-order valence-corrected chi connectivity index (χ2v) is 8.66. The fraction of sp³-hybridized carbons (Fsp3) is 0.241. The maximum Gasteiger partial charge on any atom is 0.295 e. The molecule has 1 amide bonds. The van der Waals surface area contributed by atoms with Gasteiger partial charge in [-0.15, -0.1) is 0 Å². The van der Waals surface area contributed by atoms with E-state index in [-0.39, 0.29) is 23.4 Å². The van der Waals surface area contributed by atoms with Gasteiger partial charge in [-0.2, -0.15) is 0 Å². The Balaban J connectivity index is 1.64. The van der Waals surface area contributed by atoms with Gasteiger partial charge >= 0.3 is 0 Å². The molecule has 0 aliphatic carbocycles. The molecule has 1 N–H and O–H groups in total. The van der Waals surface area contributed by atoms with Crippen LogP contribution in [0.5, 0.6) is 5.75 Å². The molecule has 1 unspecified atom stereocenters. The summed E-state index contributed by atoms with van der Waals surface area (Å²) in [7, 11) is 1.54. The second kappa shape index (κ2) is 11.2. The van der Waals surface area contributed by atoms with E-state index in [0.717, 1.165) is 11.1 Å². The Labute approximate surface area is 209 Å². The molecule has 0 spiro atoms. The molecule has 3 aromatic rings. The molecule has 1 heterocycles. The predicted molar refractivity (Wildman–Crippen MR) is 134 cm³/mol. The maximum atomic E-state index is 14.8. The molecule has 0 saturated carbocycles. The van der Waals surface area contributed by atoms with Gasteiger partial charge in [-0.25, -0.2) is 4.39 Å². The lowest BCUT2D eigenvalue weighted by molar-refractivity contribution is -0.140. The molecule has 1 aliphatic rings. The number of aryl methyl sites for hydroxylation is 1. The predicted octanol–water partition coefficient (Wildman–Crippen LogP) is 5.17. The van der Waals surface area contributed by atoms with Crippen LogP contribution in [-0.2, 0) is 20.9 Å². The van der Waals surface area contributed by atoms with Crippen molar-refractivity contribution in [2.24, 2.45) is 0 Å². The molecule has 0 aromatic heterocycles. The van der Waals surface area contributed by atoms with Crippen molar-refractivity contribution in [1.82, 2.24) is 4.90 Å². The fourth-order valence-electron chi connectivity index (χ4n) is 4.34. The van der Waals surface area contributed by atoms with Crippen LogP contribution >= 0.6 is 0 Å². The number of nitrogens with zero attached hydrogens (tertiary/aromatic N) is 1. The molecular weight excluding hydrogens is 461 g/mol. The molecule has 1 atom stereocenters.